The maximum Gasteiger partial charge on any atom is 0.307 e. The number of anilines is 2. The van der Waals surface area contributed by atoms with Crippen LogP contribution in [0.1, 0.15) is 96.0 Å². The highest BCUT2D eigenvalue weighted by Gasteiger charge is 2.27. The molecule has 5 rings (SSSR count). The minimum atomic E-state index is -0.285. The highest BCUT2D eigenvalue weighted by molar-refractivity contribution is 5.95. The van der Waals surface area contributed by atoms with Crippen molar-refractivity contribution in [1.82, 2.24) is 9.88 Å². The molecule has 0 atom stereocenters. The lowest BCUT2D eigenvalue weighted by Gasteiger charge is -2.36. The third-order valence-corrected chi connectivity index (χ3v) is 10.5. The molecule has 0 unspecified atom stereocenters. The maximum absolute atomic E-state index is 12.9. The molecule has 2 aromatic carbocycles. The number of pyridine rings is 1. The first-order chi connectivity index (χ1) is 28.1. The van der Waals surface area contributed by atoms with Crippen LogP contribution in [-0.2, 0) is 20.7 Å². The van der Waals surface area contributed by atoms with Crippen molar-refractivity contribution in [3.8, 4) is 5.88 Å². The molecule has 2 aliphatic heterocycles. The second-order valence-electron chi connectivity index (χ2n) is 14.8. The van der Waals surface area contributed by atoms with E-state index in [-0.39, 0.29) is 18.6 Å². The largest absolute Gasteiger partial charge is 0.478 e. The van der Waals surface area contributed by atoms with E-state index in [9.17, 15) is 9.59 Å². The molecule has 0 saturated carbocycles. The van der Waals surface area contributed by atoms with E-state index >= 15 is 0 Å². The van der Waals surface area contributed by atoms with Crippen LogP contribution in [-0.4, -0.2) is 67.8 Å². The Morgan fingerprint density at radius 2 is 1.42 bits per heavy atom. The summed E-state index contributed by atoms with van der Waals surface area (Å²) in [7, 11) is 0. The number of ether oxygens (including phenoxy) is 2. The number of unbranched alkanes of at least 4 members (excludes halogenated alkanes) is 4. The van der Waals surface area contributed by atoms with Crippen LogP contribution in [0, 0.1) is 0 Å². The van der Waals surface area contributed by atoms with Crippen molar-refractivity contribution in [2.75, 3.05) is 55.9 Å². The molecule has 3 heterocycles. The fourth-order valence-electron chi connectivity index (χ4n) is 7.19. The molecule has 1 fully saturated rings. The third-order valence-electron chi connectivity index (χ3n) is 10.5. The van der Waals surface area contributed by atoms with E-state index in [0.717, 1.165) is 109 Å². The Morgan fingerprint density at radius 1 is 0.719 bits per heavy atom. The van der Waals surface area contributed by atoms with Gasteiger partial charge >= 0.3 is 5.97 Å². The Kier molecular flexibility index (Phi) is 19.2. The standard InChI is InChI=1S/C49H64N4O4/c1-2-3-4-5-6-7-8-9-10-11-12-13-14-15-16-17-18-19-20-30-48(55)57-41-53-47(54)34-32-43-31-33-46(50-49(43)53)56-40-24-23-35-51-36-38-52(39-37-51)45-29-25-27-42-26-21-22-28-44(42)45/h3-4,6-7,9-10,12-13,15-16,21-22,25-29,31,33H,2,5,8,11,14,17-20,23-24,30,32,34-41H2,1H3. The van der Waals surface area contributed by atoms with Gasteiger partial charge in [-0.2, -0.15) is 4.98 Å². The summed E-state index contributed by atoms with van der Waals surface area (Å²) in [6.45, 7) is 7.80. The minimum Gasteiger partial charge on any atom is -0.478 e. The SMILES string of the molecule is CCC=CCC=CCC=CCC=CCC=CCCCCCC(=O)OCN1C(=O)CCc2ccc(OCCCCN3CCN(c4cccc5ccccc45)CC3)nc21. The van der Waals surface area contributed by atoms with E-state index in [2.05, 4.69) is 125 Å². The van der Waals surface area contributed by atoms with Crippen molar-refractivity contribution in [2.45, 2.75) is 96.8 Å². The molecule has 0 radical (unpaired) electrons. The van der Waals surface area contributed by atoms with Gasteiger partial charge in [-0.3, -0.25) is 19.4 Å². The summed E-state index contributed by atoms with van der Waals surface area (Å²) >= 11 is 0. The zero-order valence-corrected chi connectivity index (χ0v) is 34.2. The van der Waals surface area contributed by atoms with Gasteiger partial charge in [-0.05, 0) is 100 Å². The lowest BCUT2D eigenvalue weighted by Crippen LogP contribution is -2.46. The van der Waals surface area contributed by atoms with Crippen LogP contribution in [0.4, 0.5) is 11.5 Å². The first-order valence-electron chi connectivity index (χ1n) is 21.4. The first-order valence-corrected chi connectivity index (χ1v) is 21.4. The lowest BCUT2D eigenvalue weighted by atomic mass is 10.1. The van der Waals surface area contributed by atoms with Crippen molar-refractivity contribution < 1.29 is 19.1 Å². The van der Waals surface area contributed by atoms with Gasteiger partial charge in [-0.25, -0.2) is 0 Å². The van der Waals surface area contributed by atoms with E-state index < -0.39 is 0 Å². The number of carbonyl (C=O) groups excluding carboxylic acids is 2. The van der Waals surface area contributed by atoms with Crippen molar-refractivity contribution in [2.24, 2.45) is 0 Å². The number of esters is 1. The van der Waals surface area contributed by atoms with Gasteiger partial charge in [0.25, 0.3) is 0 Å². The number of rotatable bonds is 24. The van der Waals surface area contributed by atoms with E-state index in [1.807, 2.05) is 12.1 Å². The molecule has 3 aromatic rings. The molecule has 1 saturated heterocycles. The Hall–Kier alpha value is -4.95. The average molecular weight is 773 g/mol. The zero-order valence-electron chi connectivity index (χ0n) is 34.2. The molecular formula is C49H64N4O4. The number of aryl methyl sites for hydroxylation is 1. The predicted octanol–water partition coefficient (Wildman–Crippen LogP) is 10.7. The van der Waals surface area contributed by atoms with Crippen molar-refractivity contribution in [3.05, 3.63) is 121 Å². The van der Waals surface area contributed by atoms with Crippen LogP contribution in [0.25, 0.3) is 10.8 Å². The Bertz CT molecular complexity index is 1820. The molecule has 0 spiro atoms. The Morgan fingerprint density at radius 3 is 2.18 bits per heavy atom. The van der Waals surface area contributed by atoms with Gasteiger partial charge < -0.3 is 14.4 Å². The van der Waals surface area contributed by atoms with Gasteiger partial charge in [0.15, 0.2) is 6.73 Å². The molecule has 0 N–H and O–H groups in total. The van der Waals surface area contributed by atoms with Gasteiger partial charge in [-0.1, -0.05) is 111 Å². The van der Waals surface area contributed by atoms with Crippen LogP contribution in [0.15, 0.2) is 115 Å². The smallest absolute Gasteiger partial charge is 0.307 e. The molecule has 304 valence electrons. The first kappa shape index (κ1) is 43.2. The minimum absolute atomic E-state index is 0.0856. The monoisotopic (exact) mass is 772 g/mol. The van der Waals surface area contributed by atoms with E-state index in [0.29, 0.717) is 37.6 Å². The summed E-state index contributed by atoms with van der Waals surface area (Å²) < 4.78 is 11.6. The van der Waals surface area contributed by atoms with Crippen molar-refractivity contribution in [3.63, 3.8) is 0 Å². The number of hydrogen-bond acceptors (Lipinski definition) is 7. The molecule has 57 heavy (non-hydrogen) atoms. The summed E-state index contributed by atoms with van der Waals surface area (Å²) in [4.78, 5) is 36.6. The van der Waals surface area contributed by atoms with Crippen LogP contribution in [0.3, 0.4) is 0 Å². The van der Waals surface area contributed by atoms with Crippen molar-refractivity contribution >= 4 is 34.2 Å². The highest BCUT2D eigenvalue weighted by atomic mass is 16.5. The van der Waals surface area contributed by atoms with Gasteiger partial charge in [-0.15, -0.1) is 0 Å². The summed E-state index contributed by atoms with van der Waals surface area (Å²) in [5.74, 6) is 0.665. The summed E-state index contributed by atoms with van der Waals surface area (Å²) in [6.07, 6.45) is 34.2. The number of hydrogen-bond donors (Lipinski definition) is 0. The highest BCUT2D eigenvalue weighted by Crippen LogP contribution is 2.29. The molecule has 1 aromatic heterocycles. The number of aromatic nitrogens is 1. The Labute approximate surface area is 341 Å². The van der Waals surface area contributed by atoms with Crippen LogP contribution in [0.5, 0.6) is 5.88 Å². The van der Waals surface area contributed by atoms with Gasteiger partial charge in [0.2, 0.25) is 11.8 Å². The van der Waals surface area contributed by atoms with E-state index in [1.54, 1.807) is 0 Å². The maximum atomic E-state index is 12.9. The number of piperazine rings is 1. The van der Waals surface area contributed by atoms with Crippen LogP contribution in [0.2, 0.25) is 0 Å². The van der Waals surface area contributed by atoms with Crippen LogP contribution < -0.4 is 14.5 Å². The predicted molar refractivity (Wildman–Crippen MR) is 236 cm³/mol. The third kappa shape index (κ3) is 15.1. The van der Waals surface area contributed by atoms with Crippen molar-refractivity contribution in [1.29, 1.82) is 0 Å². The normalized spacial score (nSPS) is 15.4. The Balaban J connectivity index is 0.907. The molecule has 0 bridgehead atoms. The lowest BCUT2D eigenvalue weighted by molar-refractivity contribution is -0.144. The van der Waals surface area contributed by atoms with Gasteiger partial charge in [0, 0.05) is 56.2 Å². The second-order valence-corrected chi connectivity index (χ2v) is 14.8. The number of amides is 1. The molecule has 0 aliphatic carbocycles. The van der Waals surface area contributed by atoms with E-state index in [1.165, 1.54) is 21.4 Å². The molecule has 1 amide bonds. The van der Waals surface area contributed by atoms with Gasteiger partial charge in [0.05, 0.1) is 6.61 Å². The molecule has 8 heteroatoms. The zero-order chi connectivity index (χ0) is 39.8. The number of fused-ring (bicyclic) bond motifs is 2. The van der Waals surface area contributed by atoms with Crippen LogP contribution >= 0.6 is 0 Å². The quantitative estimate of drug-likeness (QED) is 0.0510. The topological polar surface area (TPSA) is 75.2 Å². The number of nitrogens with zero attached hydrogens (tertiary/aromatic N) is 4. The fraction of sp³-hybridized carbons (Fsp3) is 0.449. The van der Waals surface area contributed by atoms with Gasteiger partial charge in [0.1, 0.15) is 5.82 Å². The fourth-order valence-corrected chi connectivity index (χ4v) is 7.19. The second kappa shape index (κ2) is 25.3. The summed E-state index contributed by atoms with van der Waals surface area (Å²) in [6, 6.07) is 19.1. The van der Waals surface area contributed by atoms with E-state index in [4.69, 9.17) is 9.47 Å². The summed E-state index contributed by atoms with van der Waals surface area (Å²) in [5, 5.41) is 2.61. The summed E-state index contributed by atoms with van der Waals surface area (Å²) in [5.41, 5.74) is 2.30. The number of carbonyl (C=O) groups is 2. The molecule has 2 aliphatic rings. The average Bonchev–Trinajstić information content (AvgIpc) is 3.24. The number of benzene rings is 2. The molecule has 8 nitrogen and oxygen atoms in total. The number of allylic oxidation sites excluding steroid dienone is 10. The molecular weight excluding hydrogens is 709 g/mol.